The molecule has 27 heavy (non-hydrogen) atoms. The topological polar surface area (TPSA) is 23.6 Å². The van der Waals surface area contributed by atoms with Crippen molar-refractivity contribution in [3.8, 4) is 0 Å². The molecule has 5 rings (SSSR count). The molecule has 4 fully saturated rings. The first-order chi connectivity index (χ1) is 13.1. The van der Waals surface area contributed by atoms with Gasteiger partial charge in [0, 0.05) is 32.1 Å². The zero-order valence-electron chi connectivity index (χ0n) is 16.8. The molecule has 3 heteroatoms. The van der Waals surface area contributed by atoms with Gasteiger partial charge in [-0.25, -0.2) is 0 Å². The Hall–Kier alpha value is -1.35. The molecule has 2 aliphatic carbocycles. The number of hydrogen-bond acceptors (Lipinski definition) is 2. The maximum absolute atomic E-state index is 11.8. The smallest absolute Gasteiger partial charge is 0.219 e. The summed E-state index contributed by atoms with van der Waals surface area (Å²) < 4.78 is 0. The second-order valence-corrected chi connectivity index (χ2v) is 9.69. The predicted octanol–water partition coefficient (Wildman–Crippen LogP) is 4.22. The summed E-state index contributed by atoms with van der Waals surface area (Å²) in [7, 11) is 0. The third-order valence-electron chi connectivity index (χ3n) is 8.19. The Morgan fingerprint density at radius 1 is 1.07 bits per heavy atom. The minimum atomic E-state index is 0.258. The zero-order valence-corrected chi connectivity index (χ0v) is 16.8. The number of benzene rings is 1. The van der Waals surface area contributed by atoms with Crippen molar-refractivity contribution in [2.45, 2.75) is 69.7 Å². The molecule has 2 saturated heterocycles. The van der Waals surface area contributed by atoms with Crippen LogP contribution < -0.4 is 0 Å². The fraction of sp³-hybridized carbons (Fsp3) is 0.708. The second kappa shape index (κ2) is 6.92. The SMILES string of the molecule is CC(=O)N1CC2CCCC(c3ccc(CCN4CCCC45CC5)cc3)C2C1. The normalized spacial score (nSPS) is 32.0. The van der Waals surface area contributed by atoms with Crippen LogP contribution in [-0.2, 0) is 11.2 Å². The van der Waals surface area contributed by atoms with E-state index in [1.807, 2.05) is 0 Å². The molecule has 1 aromatic rings. The molecule has 1 amide bonds. The van der Waals surface area contributed by atoms with Gasteiger partial charge in [-0.05, 0) is 80.4 Å². The minimum Gasteiger partial charge on any atom is -0.342 e. The average Bonchev–Trinajstić information content (AvgIpc) is 3.14. The Morgan fingerprint density at radius 3 is 2.63 bits per heavy atom. The summed E-state index contributed by atoms with van der Waals surface area (Å²) in [5.74, 6) is 2.30. The Balaban J connectivity index is 1.23. The van der Waals surface area contributed by atoms with E-state index < -0.39 is 0 Å². The summed E-state index contributed by atoms with van der Waals surface area (Å²) in [4.78, 5) is 16.7. The lowest BCUT2D eigenvalue weighted by atomic mass is 9.71. The van der Waals surface area contributed by atoms with Gasteiger partial charge in [0.2, 0.25) is 5.91 Å². The number of rotatable bonds is 4. The van der Waals surface area contributed by atoms with Gasteiger partial charge < -0.3 is 4.90 Å². The first kappa shape index (κ1) is 17.7. The van der Waals surface area contributed by atoms with E-state index in [4.69, 9.17) is 0 Å². The summed E-state index contributed by atoms with van der Waals surface area (Å²) in [6, 6.07) is 9.56. The van der Waals surface area contributed by atoms with Crippen LogP contribution >= 0.6 is 0 Å². The summed E-state index contributed by atoms with van der Waals surface area (Å²) in [5, 5.41) is 0. The fourth-order valence-corrected chi connectivity index (χ4v) is 6.39. The quantitative estimate of drug-likeness (QED) is 0.796. The summed E-state index contributed by atoms with van der Waals surface area (Å²) in [6.07, 6.45) is 10.8. The van der Waals surface area contributed by atoms with Gasteiger partial charge in [0.25, 0.3) is 0 Å². The zero-order chi connectivity index (χ0) is 18.4. The van der Waals surface area contributed by atoms with Crippen molar-refractivity contribution >= 4 is 5.91 Å². The highest BCUT2D eigenvalue weighted by molar-refractivity contribution is 5.73. The molecule has 0 bridgehead atoms. The Bertz CT molecular complexity index is 693. The van der Waals surface area contributed by atoms with Gasteiger partial charge >= 0.3 is 0 Å². The first-order valence-corrected chi connectivity index (χ1v) is 11.2. The lowest BCUT2D eigenvalue weighted by Gasteiger charge is -2.33. The van der Waals surface area contributed by atoms with Gasteiger partial charge in [-0.3, -0.25) is 9.69 Å². The van der Waals surface area contributed by atoms with E-state index >= 15 is 0 Å². The Kier molecular flexibility index (Phi) is 4.54. The molecule has 3 nitrogen and oxygen atoms in total. The van der Waals surface area contributed by atoms with Crippen molar-refractivity contribution in [3.63, 3.8) is 0 Å². The molecule has 3 unspecified atom stereocenters. The van der Waals surface area contributed by atoms with E-state index in [1.54, 1.807) is 6.92 Å². The van der Waals surface area contributed by atoms with Crippen LogP contribution in [-0.4, -0.2) is 47.4 Å². The van der Waals surface area contributed by atoms with E-state index in [2.05, 4.69) is 34.1 Å². The maximum Gasteiger partial charge on any atom is 0.219 e. The number of likely N-dealkylation sites (tertiary alicyclic amines) is 2. The van der Waals surface area contributed by atoms with Gasteiger partial charge in [-0.15, -0.1) is 0 Å². The molecule has 3 atom stereocenters. The highest BCUT2D eigenvalue weighted by Gasteiger charge is 2.50. The van der Waals surface area contributed by atoms with Crippen LogP contribution in [0, 0.1) is 11.8 Å². The Morgan fingerprint density at radius 2 is 1.89 bits per heavy atom. The predicted molar refractivity (Wildman–Crippen MR) is 109 cm³/mol. The van der Waals surface area contributed by atoms with Gasteiger partial charge in [0.15, 0.2) is 0 Å². The van der Waals surface area contributed by atoms with E-state index in [0.29, 0.717) is 17.4 Å². The van der Waals surface area contributed by atoms with Crippen molar-refractivity contribution < 1.29 is 4.79 Å². The van der Waals surface area contributed by atoms with E-state index in [-0.39, 0.29) is 5.91 Å². The van der Waals surface area contributed by atoms with E-state index in [0.717, 1.165) is 19.0 Å². The molecule has 2 saturated carbocycles. The molecule has 1 spiro atoms. The van der Waals surface area contributed by atoms with Crippen LogP contribution in [0.5, 0.6) is 0 Å². The van der Waals surface area contributed by atoms with Crippen LogP contribution in [0.25, 0.3) is 0 Å². The van der Waals surface area contributed by atoms with Gasteiger partial charge in [-0.2, -0.15) is 0 Å². The van der Waals surface area contributed by atoms with Crippen LogP contribution in [0.3, 0.4) is 0 Å². The van der Waals surface area contributed by atoms with Gasteiger partial charge in [0.1, 0.15) is 0 Å². The molecule has 4 aliphatic rings. The number of carbonyl (C=O) groups is 1. The number of nitrogens with zero attached hydrogens (tertiary/aromatic N) is 2. The van der Waals surface area contributed by atoms with Crippen LogP contribution in [0.2, 0.25) is 0 Å². The summed E-state index contributed by atoms with van der Waals surface area (Å²) >= 11 is 0. The summed E-state index contributed by atoms with van der Waals surface area (Å²) in [5.41, 5.74) is 3.63. The molecule has 1 aromatic carbocycles. The largest absolute Gasteiger partial charge is 0.342 e. The van der Waals surface area contributed by atoms with Crippen LogP contribution in [0.15, 0.2) is 24.3 Å². The molecular formula is C24H34N2O. The third kappa shape index (κ3) is 3.33. The maximum atomic E-state index is 11.8. The molecular weight excluding hydrogens is 332 g/mol. The lowest BCUT2D eigenvalue weighted by Crippen LogP contribution is -2.32. The van der Waals surface area contributed by atoms with E-state index in [1.165, 1.54) is 75.6 Å². The third-order valence-corrected chi connectivity index (χ3v) is 8.19. The highest BCUT2D eigenvalue weighted by Crippen LogP contribution is 2.49. The number of carbonyl (C=O) groups excluding carboxylic acids is 1. The first-order valence-electron chi connectivity index (χ1n) is 11.2. The van der Waals surface area contributed by atoms with E-state index in [9.17, 15) is 4.79 Å². The molecule has 0 N–H and O–H groups in total. The fourth-order valence-electron chi connectivity index (χ4n) is 6.39. The van der Waals surface area contributed by atoms with Crippen molar-refractivity contribution in [1.82, 2.24) is 9.80 Å². The lowest BCUT2D eigenvalue weighted by molar-refractivity contribution is -0.128. The monoisotopic (exact) mass is 366 g/mol. The standard InChI is InChI=1S/C24H34N2O/c1-18(27)25-16-21-4-2-5-22(23(21)17-25)20-8-6-19(7-9-20)10-15-26-14-3-11-24(26)12-13-24/h6-9,21-23H,2-5,10-17H2,1H3. The summed E-state index contributed by atoms with van der Waals surface area (Å²) in [6.45, 7) is 6.25. The number of fused-ring (bicyclic) bond motifs is 1. The molecule has 0 radical (unpaired) electrons. The van der Waals surface area contributed by atoms with Crippen LogP contribution in [0.1, 0.15) is 68.9 Å². The molecule has 0 aromatic heterocycles. The van der Waals surface area contributed by atoms with Gasteiger partial charge in [-0.1, -0.05) is 30.7 Å². The average molecular weight is 367 g/mol. The van der Waals surface area contributed by atoms with Crippen molar-refractivity contribution in [2.24, 2.45) is 11.8 Å². The van der Waals surface area contributed by atoms with Gasteiger partial charge in [0.05, 0.1) is 0 Å². The van der Waals surface area contributed by atoms with Crippen molar-refractivity contribution in [2.75, 3.05) is 26.2 Å². The second-order valence-electron chi connectivity index (χ2n) is 9.69. The highest BCUT2D eigenvalue weighted by atomic mass is 16.2. The Labute approximate surface area is 164 Å². The molecule has 2 heterocycles. The molecule has 146 valence electrons. The number of amides is 1. The molecule has 2 aliphatic heterocycles. The minimum absolute atomic E-state index is 0.258. The van der Waals surface area contributed by atoms with Crippen molar-refractivity contribution in [1.29, 1.82) is 0 Å². The number of hydrogen-bond donors (Lipinski definition) is 0. The van der Waals surface area contributed by atoms with Crippen molar-refractivity contribution in [3.05, 3.63) is 35.4 Å². The van der Waals surface area contributed by atoms with Crippen LogP contribution in [0.4, 0.5) is 0 Å².